The molecule has 0 aliphatic rings. The third-order valence-corrected chi connectivity index (χ3v) is 3.50. The molecule has 2 N–H and O–H groups in total. The van der Waals surface area contributed by atoms with Gasteiger partial charge in [0.1, 0.15) is 12.1 Å². The highest BCUT2D eigenvalue weighted by atomic mass is 16.5. The van der Waals surface area contributed by atoms with Gasteiger partial charge in [-0.1, -0.05) is 13.8 Å². The van der Waals surface area contributed by atoms with E-state index in [0.29, 0.717) is 0 Å². The van der Waals surface area contributed by atoms with E-state index in [-0.39, 0.29) is 48.3 Å². The third-order valence-electron chi connectivity index (χ3n) is 3.50. The summed E-state index contributed by atoms with van der Waals surface area (Å²) in [6, 6.07) is -0.296. The minimum absolute atomic E-state index is 0.113. The van der Waals surface area contributed by atoms with Crippen LogP contribution in [0.1, 0.15) is 68.2 Å². The minimum atomic E-state index is -0.351. The molecular weight excluding hydrogens is 308 g/mol. The fraction of sp³-hybridized carbons (Fsp3) is 0.889. The number of carbonyl (C=O) groups excluding carboxylic acids is 2. The van der Waals surface area contributed by atoms with E-state index in [2.05, 4.69) is 10.6 Å². The molecular formula is C18H36N2O4. The summed E-state index contributed by atoms with van der Waals surface area (Å²) in [5, 5.41) is 6.34. The van der Waals surface area contributed by atoms with Gasteiger partial charge in [-0.2, -0.15) is 0 Å². The molecule has 0 aromatic heterocycles. The van der Waals surface area contributed by atoms with Crippen LogP contribution in [0.3, 0.4) is 0 Å². The smallest absolute Gasteiger partial charge is 0.323 e. The number of hydrogen-bond acceptors (Lipinski definition) is 6. The first-order chi connectivity index (χ1) is 11.0. The van der Waals surface area contributed by atoms with Crippen molar-refractivity contribution in [1.29, 1.82) is 0 Å². The molecule has 0 saturated heterocycles. The van der Waals surface area contributed by atoms with Crippen molar-refractivity contribution in [2.45, 2.75) is 105 Å². The average molecular weight is 344 g/mol. The molecule has 0 aliphatic heterocycles. The summed E-state index contributed by atoms with van der Waals surface area (Å²) in [6.07, 6.45) is 1.27. The Labute approximate surface area is 147 Å². The standard InChI is InChI=1S/C18H36N2O4/c1-11(2)19-15(7)18(22)24-14(6)10-9-13(5)20-16(8)17(21)23-12(3)4/h11-16,19-20H,9-10H2,1-8H3/t13?,14?,15-,16+/m0/s1. The maximum atomic E-state index is 11.9. The number of ether oxygens (including phenoxy) is 2. The van der Waals surface area contributed by atoms with Gasteiger partial charge in [0, 0.05) is 12.1 Å². The number of esters is 2. The van der Waals surface area contributed by atoms with Crippen molar-refractivity contribution < 1.29 is 19.1 Å². The van der Waals surface area contributed by atoms with E-state index in [1.807, 2.05) is 41.5 Å². The van der Waals surface area contributed by atoms with Crippen molar-refractivity contribution in [2.24, 2.45) is 0 Å². The average Bonchev–Trinajstić information content (AvgIpc) is 2.43. The van der Waals surface area contributed by atoms with Crippen LogP contribution in [0.2, 0.25) is 0 Å². The topological polar surface area (TPSA) is 76.7 Å². The summed E-state index contributed by atoms with van der Waals surface area (Å²) in [5.41, 5.74) is 0. The summed E-state index contributed by atoms with van der Waals surface area (Å²) < 4.78 is 10.6. The summed E-state index contributed by atoms with van der Waals surface area (Å²) in [7, 11) is 0. The Morgan fingerprint density at radius 3 is 1.75 bits per heavy atom. The summed E-state index contributed by atoms with van der Waals surface area (Å²) in [4.78, 5) is 23.7. The Bertz CT molecular complexity index is 385. The second kappa shape index (κ2) is 11.4. The first-order valence-electron chi connectivity index (χ1n) is 8.96. The molecule has 2 unspecified atom stereocenters. The van der Waals surface area contributed by atoms with Gasteiger partial charge in [0.2, 0.25) is 0 Å². The molecule has 0 aromatic carbocycles. The molecule has 0 amide bonds. The molecule has 6 heteroatoms. The predicted molar refractivity (Wildman–Crippen MR) is 95.8 cm³/mol. The zero-order valence-electron chi connectivity index (χ0n) is 16.5. The molecule has 24 heavy (non-hydrogen) atoms. The maximum Gasteiger partial charge on any atom is 0.323 e. The van der Waals surface area contributed by atoms with Gasteiger partial charge in [-0.3, -0.25) is 9.59 Å². The van der Waals surface area contributed by atoms with Crippen molar-refractivity contribution in [3.63, 3.8) is 0 Å². The predicted octanol–water partition coefficient (Wildman–Crippen LogP) is 2.40. The molecule has 0 bridgehead atoms. The van der Waals surface area contributed by atoms with E-state index >= 15 is 0 Å². The summed E-state index contributed by atoms with van der Waals surface area (Å²) in [5.74, 6) is -0.476. The quantitative estimate of drug-likeness (QED) is 0.561. The van der Waals surface area contributed by atoms with Crippen LogP contribution in [0.5, 0.6) is 0 Å². The molecule has 0 radical (unpaired) electrons. The Morgan fingerprint density at radius 2 is 1.25 bits per heavy atom. The molecule has 0 spiro atoms. The van der Waals surface area contributed by atoms with Crippen molar-refractivity contribution in [1.82, 2.24) is 10.6 Å². The Kier molecular flexibility index (Phi) is 10.9. The van der Waals surface area contributed by atoms with Crippen molar-refractivity contribution in [3.05, 3.63) is 0 Å². The SMILES string of the molecule is CC(C)N[C@@H](C)C(=O)OC(C)CCC(C)N[C@H](C)C(=O)OC(C)C. The number of nitrogens with one attached hydrogen (secondary N) is 2. The second-order valence-electron chi connectivity index (χ2n) is 7.14. The van der Waals surface area contributed by atoms with Crippen molar-refractivity contribution in [3.8, 4) is 0 Å². The third kappa shape index (κ3) is 10.6. The normalized spacial score (nSPS) is 16.6. The van der Waals surface area contributed by atoms with Gasteiger partial charge in [-0.05, 0) is 54.4 Å². The van der Waals surface area contributed by atoms with E-state index in [4.69, 9.17) is 9.47 Å². The van der Waals surface area contributed by atoms with Crippen LogP contribution >= 0.6 is 0 Å². The lowest BCUT2D eigenvalue weighted by atomic mass is 10.1. The molecule has 0 heterocycles. The van der Waals surface area contributed by atoms with Gasteiger partial charge in [-0.25, -0.2) is 0 Å². The molecule has 0 saturated carbocycles. The van der Waals surface area contributed by atoms with Crippen molar-refractivity contribution >= 4 is 11.9 Å². The molecule has 4 atom stereocenters. The Balaban J connectivity index is 4.10. The molecule has 0 aliphatic carbocycles. The highest BCUT2D eigenvalue weighted by molar-refractivity contribution is 5.75. The van der Waals surface area contributed by atoms with Crippen LogP contribution in [0.25, 0.3) is 0 Å². The zero-order valence-corrected chi connectivity index (χ0v) is 16.5. The number of hydrogen-bond donors (Lipinski definition) is 2. The van der Waals surface area contributed by atoms with E-state index in [0.717, 1.165) is 12.8 Å². The molecule has 0 fully saturated rings. The van der Waals surface area contributed by atoms with Gasteiger partial charge in [0.15, 0.2) is 0 Å². The first-order valence-corrected chi connectivity index (χ1v) is 8.96. The Morgan fingerprint density at radius 1 is 0.750 bits per heavy atom. The molecule has 0 aromatic rings. The highest BCUT2D eigenvalue weighted by Gasteiger charge is 2.20. The number of carbonyl (C=O) groups is 2. The zero-order chi connectivity index (χ0) is 18.9. The van der Waals surface area contributed by atoms with Crippen LogP contribution < -0.4 is 10.6 Å². The van der Waals surface area contributed by atoms with E-state index in [1.54, 1.807) is 13.8 Å². The molecule has 142 valence electrons. The fourth-order valence-electron chi connectivity index (χ4n) is 2.32. The summed E-state index contributed by atoms with van der Waals surface area (Å²) in [6.45, 7) is 15.2. The van der Waals surface area contributed by atoms with Gasteiger partial charge in [-0.15, -0.1) is 0 Å². The Hall–Kier alpha value is -1.14. The summed E-state index contributed by atoms with van der Waals surface area (Å²) >= 11 is 0. The van der Waals surface area contributed by atoms with E-state index < -0.39 is 0 Å². The first kappa shape index (κ1) is 22.9. The van der Waals surface area contributed by atoms with Gasteiger partial charge < -0.3 is 20.1 Å². The van der Waals surface area contributed by atoms with Gasteiger partial charge in [0.25, 0.3) is 0 Å². The van der Waals surface area contributed by atoms with Crippen LogP contribution in [-0.2, 0) is 19.1 Å². The number of rotatable bonds is 11. The minimum Gasteiger partial charge on any atom is -0.462 e. The van der Waals surface area contributed by atoms with Crippen LogP contribution in [0, 0.1) is 0 Å². The van der Waals surface area contributed by atoms with E-state index in [1.165, 1.54) is 0 Å². The lowest BCUT2D eigenvalue weighted by Crippen LogP contribution is -2.42. The van der Waals surface area contributed by atoms with Crippen LogP contribution in [0.4, 0.5) is 0 Å². The molecule has 6 nitrogen and oxygen atoms in total. The monoisotopic (exact) mass is 344 g/mol. The molecule has 0 rings (SSSR count). The fourth-order valence-corrected chi connectivity index (χ4v) is 2.32. The van der Waals surface area contributed by atoms with Crippen LogP contribution in [-0.4, -0.2) is 48.3 Å². The maximum absolute atomic E-state index is 11.9. The van der Waals surface area contributed by atoms with Gasteiger partial charge >= 0.3 is 11.9 Å². The van der Waals surface area contributed by atoms with Gasteiger partial charge in [0.05, 0.1) is 12.2 Å². The lowest BCUT2D eigenvalue weighted by Gasteiger charge is -2.22. The highest BCUT2D eigenvalue weighted by Crippen LogP contribution is 2.08. The van der Waals surface area contributed by atoms with Crippen LogP contribution in [0.15, 0.2) is 0 Å². The second-order valence-corrected chi connectivity index (χ2v) is 7.14. The lowest BCUT2D eigenvalue weighted by molar-refractivity contribution is -0.151. The van der Waals surface area contributed by atoms with E-state index in [9.17, 15) is 9.59 Å². The van der Waals surface area contributed by atoms with Crippen molar-refractivity contribution in [2.75, 3.05) is 0 Å². The largest absolute Gasteiger partial charge is 0.462 e.